The third-order valence-electron chi connectivity index (χ3n) is 2.65. The molecule has 1 aliphatic heterocycles. The molecular formula is C15H14O7. The maximum Gasteiger partial charge on any atom is 0.348 e. The van der Waals surface area contributed by atoms with Crippen molar-refractivity contribution in [2.45, 2.75) is 19.6 Å². The van der Waals surface area contributed by atoms with Gasteiger partial charge in [-0.25, -0.2) is 14.4 Å². The molecule has 0 radical (unpaired) electrons. The predicted octanol–water partition coefficient (Wildman–Crippen LogP) is 1.37. The third kappa shape index (κ3) is 3.85. The lowest BCUT2D eigenvalue weighted by Gasteiger charge is -2.29. The summed E-state index contributed by atoms with van der Waals surface area (Å²) in [6.07, 6.45) is 1.30. The summed E-state index contributed by atoms with van der Waals surface area (Å²) in [4.78, 5) is 34.1. The fourth-order valence-corrected chi connectivity index (χ4v) is 1.78. The molecule has 116 valence electrons. The van der Waals surface area contributed by atoms with Crippen LogP contribution in [0.25, 0.3) is 6.08 Å². The van der Waals surface area contributed by atoms with Crippen LogP contribution in [0.15, 0.2) is 29.8 Å². The van der Waals surface area contributed by atoms with Crippen molar-refractivity contribution in [1.82, 2.24) is 0 Å². The molecule has 0 spiro atoms. The largest absolute Gasteiger partial charge is 0.482 e. The van der Waals surface area contributed by atoms with Crippen LogP contribution >= 0.6 is 0 Å². The molecule has 0 atom stereocenters. The summed E-state index contributed by atoms with van der Waals surface area (Å²) >= 11 is 0. The maximum atomic E-state index is 11.8. The van der Waals surface area contributed by atoms with Gasteiger partial charge < -0.3 is 19.3 Å². The van der Waals surface area contributed by atoms with Gasteiger partial charge in [-0.1, -0.05) is 12.1 Å². The number of carbonyl (C=O) groups excluding carboxylic acids is 2. The molecule has 2 rings (SSSR count). The molecule has 0 bridgehead atoms. The number of esters is 2. The first-order valence-electron chi connectivity index (χ1n) is 6.40. The molecule has 1 aliphatic rings. The number of cyclic esters (lactones) is 2. The Labute approximate surface area is 126 Å². The van der Waals surface area contributed by atoms with E-state index in [1.165, 1.54) is 26.0 Å². The molecule has 0 aliphatic carbocycles. The van der Waals surface area contributed by atoms with E-state index in [0.717, 1.165) is 0 Å². The van der Waals surface area contributed by atoms with Gasteiger partial charge in [-0.15, -0.1) is 0 Å². The van der Waals surface area contributed by atoms with Crippen molar-refractivity contribution in [3.63, 3.8) is 0 Å². The van der Waals surface area contributed by atoms with Gasteiger partial charge in [0.25, 0.3) is 5.79 Å². The minimum Gasteiger partial charge on any atom is -0.482 e. The summed E-state index contributed by atoms with van der Waals surface area (Å²) in [6, 6.07) is 6.29. The molecule has 1 fully saturated rings. The highest BCUT2D eigenvalue weighted by Crippen LogP contribution is 2.25. The minimum absolute atomic E-state index is 0.241. The van der Waals surface area contributed by atoms with Crippen molar-refractivity contribution in [2.24, 2.45) is 0 Å². The van der Waals surface area contributed by atoms with Crippen molar-refractivity contribution in [2.75, 3.05) is 6.61 Å². The molecule has 1 N–H and O–H groups in total. The van der Waals surface area contributed by atoms with E-state index >= 15 is 0 Å². The molecule has 0 amide bonds. The standard InChI is InChI=1S/C15H14O7/c1-15(2)21-13(18)11(14(19)22-15)7-9-4-3-5-10(6-9)20-8-12(16)17/h3-7H,8H2,1-2H3,(H,16,17). The SMILES string of the molecule is CC1(C)OC(=O)C(=Cc2cccc(OCC(=O)O)c2)C(=O)O1. The molecule has 22 heavy (non-hydrogen) atoms. The van der Waals surface area contributed by atoms with Gasteiger partial charge in [0.05, 0.1) is 0 Å². The van der Waals surface area contributed by atoms with Crippen LogP contribution in [-0.4, -0.2) is 35.4 Å². The Morgan fingerprint density at radius 1 is 1.27 bits per heavy atom. The topological polar surface area (TPSA) is 99.1 Å². The van der Waals surface area contributed by atoms with E-state index < -0.39 is 30.3 Å². The molecular weight excluding hydrogens is 292 g/mol. The molecule has 1 aromatic rings. The second-order valence-electron chi connectivity index (χ2n) is 4.99. The van der Waals surface area contributed by atoms with Crippen LogP contribution in [-0.2, 0) is 23.9 Å². The van der Waals surface area contributed by atoms with Crippen molar-refractivity contribution in [3.05, 3.63) is 35.4 Å². The Balaban J connectivity index is 2.22. The number of ether oxygens (including phenoxy) is 3. The summed E-state index contributed by atoms with van der Waals surface area (Å²) in [6.45, 7) is 2.43. The van der Waals surface area contributed by atoms with Gasteiger partial charge in [-0.3, -0.25) is 0 Å². The Morgan fingerprint density at radius 2 is 1.91 bits per heavy atom. The highest BCUT2D eigenvalue weighted by atomic mass is 16.7. The third-order valence-corrected chi connectivity index (χ3v) is 2.65. The van der Waals surface area contributed by atoms with Crippen LogP contribution in [0.2, 0.25) is 0 Å². The number of carboxylic acid groups (broad SMARTS) is 1. The summed E-state index contributed by atoms with van der Waals surface area (Å²) in [7, 11) is 0. The van der Waals surface area contributed by atoms with Gasteiger partial charge in [0.2, 0.25) is 0 Å². The Hall–Kier alpha value is -2.83. The first-order valence-corrected chi connectivity index (χ1v) is 6.40. The average molecular weight is 306 g/mol. The smallest absolute Gasteiger partial charge is 0.348 e. The average Bonchev–Trinajstić information content (AvgIpc) is 2.40. The van der Waals surface area contributed by atoms with Crippen LogP contribution in [0.5, 0.6) is 5.75 Å². The number of rotatable bonds is 4. The number of carboxylic acids is 1. The lowest BCUT2D eigenvalue weighted by atomic mass is 10.1. The van der Waals surface area contributed by atoms with Gasteiger partial charge in [0.1, 0.15) is 11.3 Å². The molecule has 7 nitrogen and oxygen atoms in total. The van der Waals surface area contributed by atoms with Gasteiger partial charge in [0.15, 0.2) is 6.61 Å². The van der Waals surface area contributed by atoms with E-state index in [0.29, 0.717) is 11.3 Å². The maximum absolute atomic E-state index is 11.8. The predicted molar refractivity (Wildman–Crippen MR) is 73.8 cm³/mol. The number of hydrogen-bond donors (Lipinski definition) is 1. The Bertz CT molecular complexity index is 636. The van der Waals surface area contributed by atoms with Crippen LogP contribution in [0, 0.1) is 0 Å². The zero-order valence-electron chi connectivity index (χ0n) is 12.0. The number of benzene rings is 1. The normalized spacial score (nSPS) is 16.5. The van der Waals surface area contributed by atoms with Gasteiger partial charge in [-0.05, 0) is 23.8 Å². The van der Waals surface area contributed by atoms with E-state index in [1.807, 2.05) is 0 Å². The molecule has 1 aromatic carbocycles. The summed E-state index contributed by atoms with van der Waals surface area (Å²) < 4.78 is 15.0. The van der Waals surface area contributed by atoms with Crippen molar-refractivity contribution in [3.8, 4) is 5.75 Å². The first kappa shape index (κ1) is 15.6. The quantitative estimate of drug-likeness (QED) is 0.509. The lowest BCUT2D eigenvalue weighted by Crippen LogP contribution is -2.41. The van der Waals surface area contributed by atoms with Gasteiger partial charge in [-0.2, -0.15) is 0 Å². The van der Waals surface area contributed by atoms with E-state index in [4.69, 9.17) is 19.3 Å². The second-order valence-corrected chi connectivity index (χ2v) is 4.99. The summed E-state index contributed by atoms with van der Waals surface area (Å²) in [5.41, 5.74) is 0.237. The number of carbonyl (C=O) groups is 3. The monoisotopic (exact) mass is 306 g/mol. The molecule has 0 aromatic heterocycles. The van der Waals surface area contributed by atoms with E-state index in [9.17, 15) is 14.4 Å². The minimum atomic E-state index is -1.29. The highest BCUT2D eigenvalue weighted by molar-refractivity contribution is 6.18. The fourth-order valence-electron chi connectivity index (χ4n) is 1.78. The second kappa shape index (κ2) is 5.88. The van der Waals surface area contributed by atoms with Crippen LogP contribution in [0.3, 0.4) is 0 Å². The van der Waals surface area contributed by atoms with Crippen molar-refractivity contribution in [1.29, 1.82) is 0 Å². The van der Waals surface area contributed by atoms with Crippen molar-refractivity contribution < 1.29 is 33.7 Å². The number of aliphatic carboxylic acids is 1. The van der Waals surface area contributed by atoms with Gasteiger partial charge >= 0.3 is 17.9 Å². The number of hydrogen-bond acceptors (Lipinski definition) is 6. The Kier molecular flexibility index (Phi) is 4.16. The van der Waals surface area contributed by atoms with Crippen molar-refractivity contribution >= 4 is 24.0 Å². The summed E-state index contributed by atoms with van der Waals surface area (Å²) in [5.74, 6) is -3.66. The van der Waals surface area contributed by atoms with E-state index in [1.54, 1.807) is 18.2 Å². The zero-order chi connectivity index (χ0) is 16.3. The first-order chi connectivity index (χ1) is 10.3. The molecule has 0 unspecified atom stereocenters. The van der Waals surface area contributed by atoms with Crippen LogP contribution < -0.4 is 4.74 Å². The van der Waals surface area contributed by atoms with E-state index in [-0.39, 0.29) is 5.57 Å². The summed E-state index contributed by atoms with van der Waals surface area (Å²) in [5, 5.41) is 8.56. The van der Waals surface area contributed by atoms with E-state index in [2.05, 4.69) is 0 Å². The molecule has 7 heteroatoms. The zero-order valence-corrected chi connectivity index (χ0v) is 12.0. The Morgan fingerprint density at radius 3 is 2.50 bits per heavy atom. The molecule has 0 saturated carbocycles. The van der Waals surface area contributed by atoms with Crippen LogP contribution in [0.1, 0.15) is 19.4 Å². The molecule has 1 saturated heterocycles. The van der Waals surface area contributed by atoms with Gasteiger partial charge in [0, 0.05) is 13.8 Å². The fraction of sp³-hybridized carbons (Fsp3) is 0.267. The van der Waals surface area contributed by atoms with Crippen LogP contribution in [0.4, 0.5) is 0 Å². The highest BCUT2D eigenvalue weighted by Gasteiger charge is 2.38. The molecule has 1 heterocycles. The lowest BCUT2D eigenvalue weighted by molar-refractivity contribution is -0.222.